The van der Waals surface area contributed by atoms with Gasteiger partial charge in [0.05, 0.1) is 6.54 Å². The van der Waals surface area contributed by atoms with E-state index in [9.17, 15) is 19.5 Å². The molecule has 1 aromatic heterocycles. The highest BCUT2D eigenvalue weighted by Gasteiger charge is 2.48. The second kappa shape index (κ2) is 6.51. The molecule has 8 nitrogen and oxygen atoms in total. The molecular formula is C17H22N2O6. The predicted octanol–water partition coefficient (Wildman–Crippen LogP) is 1.27. The monoisotopic (exact) mass is 350 g/mol. The number of carbonyl (C=O) groups is 3. The number of hydrogen-bond acceptors (Lipinski definition) is 5. The average Bonchev–Trinajstić information content (AvgIpc) is 3.14. The molecule has 2 N–H and O–H groups in total. The third-order valence-corrected chi connectivity index (χ3v) is 5.39. The summed E-state index contributed by atoms with van der Waals surface area (Å²) >= 11 is 0. The number of furan rings is 1. The third-order valence-electron chi connectivity index (χ3n) is 5.39. The van der Waals surface area contributed by atoms with Crippen molar-refractivity contribution in [2.75, 3.05) is 19.6 Å². The number of carboxylic acids is 2. The summed E-state index contributed by atoms with van der Waals surface area (Å²) in [6.07, 6.45) is 2.11. The SMILES string of the molecule is CC(=O)N1CCC2(CC1)C[C@H](C(=O)O)N(Cc1ccc(C(=O)O)o1)C2. The minimum absolute atomic E-state index is 0.0521. The third kappa shape index (κ3) is 3.53. The van der Waals surface area contributed by atoms with Crippen molar-refractivity contribution in [3.8, 4) is 0 Å². The first-order valence-corrected chi connectivity index (χ1v) is 8.34. The largest absolute Gasteiger partial charge is 0.480 e. The van der Waals surface area contributed by atoms with Gasteiger partial charge in [-0.25, -0.2) is 4.79 Å². The van der Waals surface area contributed by atoms with Gasteiger partial charge in [0.15, 0.2) is 0 Å². The summed E-state index contributed by atoms with van der Waals surface area (Å²) < 4.78 is 5.27. The fourth-order valence-corrected chi connectivity index (χ4v) is 3.99. The molecule has 0 bridgehead atoms. The highest BCUT2D eigenvalue weighted by atomic mass is 16.4. The van der Waals surface area contributed by atoms with Crippen molar-refractivity contribution >= 4 is 17.8 Å². The number of nitrogens with zero attached hydrogens (tertiary/aromatic N) is 2. The van der Waals surface area contributed by atoms with Crippen LogP contribution in [0.2, 0.25) is 0 Å². The summed E-state index contributed by atoms with van der Waals surface area (Å²) in [5, 5.41) is 18.5. The normalized spacial score (nSPS) is 23.1. The summed E-state index contributed by atoms with van der Waals surface area (Å²) in [7, 11) is 0. The van der Waals surface area contributed by atoms with Crippen molar-refractivity contribution in [2.24, 2.45) is 5.41 Å². The number of rotatable bonds is 4. The number of carbonyl (C=O) groups excluding carboxylic acids is 1. The minimum Gasteiger partial charge on any atom is -0.480 e. The van der Waals surface area contributed by atoms with Crippen LogP contribution in [0.15, 0.2) is 16.5 Å². The van der Waals surface area contributed by atoms with Crippen LogP contribution in [0.5, 0.6) is 0 Å². The molecule has 0 aromatic carbocycles. The predicted molar refractivity (Wildman–Crippen MR) is 86.0 cm³/mol. The Morgan fingerprint density at radius 1 is 1.24 bits per heavy atom. The van der Waals surface area contributed by atoms with E-state index in [-0.39, 0.29) is 23.6 Å². The number of carboxylic acid groups (broad SMARTS) is 2. The van der Waals surface area contributed by atoms with Gasteiger partial charge in [-0.1, -0.05) is 0 Å². The van der Waals surface area contributed by atoms with Gasteiger partial charge in [0.2, 0.25) is 11.7 Å². The van der Waals surface area contributed by atoms with Gasteiger partial charge < -0.3 is 19.5 Å². The molecule has 0 saturated carbocycles. The van der Waals surface area contributed by atoms with Crippen LogP contribution >= 0.6 is 0 Å². The summed E-state index contributed by atoms with van der Waals surface area (Å²) in [4.78, 5) is 37.7. The number of amides is 1. The van der Waals surface area contributed by atoms with Crippen LogP contribution in [0.3, 0.4) is 0 Å². The summed E-state index contributed by atoms with van der Waals surface area (Å²) in [6, 6.07) is 2.33. The van der Waals surface area contributed by atoms with E-state index in [1.54, 1.807) is 17.9 Å². The first-order valence-electron chi connectivity index (χ1n) is 8.34. The van der Waals surface area contributed by atoms with Crippen LogP contribution in [-0.2, 0) is 16.1 Å². The van der Waals surface area contributed by atoms with Gasteiger partial charge in [-0.05, 0) is 36.8 Å². The van der Waals surface area contributed by atoms with E-state index in [4.69, 9.17) is 9.52 Å². The molecule has 8 heteroatoms. The molecule has 2 aliphatic rings. The molecule has 2 saturated heterocycles. The molecule has 1 amide bonds. The fraction of sp³-hybridized carbons (Fsp3) is 0.588. The van der Waals surface area contributed by atoms with Crippen molar-refractivity contribution in [1.82, 2.24) is 9.80 Å². The molecule has 3 heterocycles. The lowest BCUT2D eigenvalue weighted by Gasteiger charge is -2.39. The standard InChI is InChI=1S/C17H22N2O6/c1-11(20)18-6-4-17(5-7-18)8-13(15(21)22)19(10-17)9-12-2-3-14(25-12)16(23)24/h2-3,13H,4-10H2,1H3,(H,21,22)(H,23,24)/t13-/m1/s1. The van der Waals surface area contributed by atoms with Crippen LogP contribution in [0.1, 0.15) is 42.5 Å². The maximum atomic E-state index is 11.7. The topological polar surface area (TPSA) is 111 Å². The second-order valence-corrected chi connectivity index (χ2v) is 7.04. The number of likely N-dealkylation sites (tertiary alicyclic amines) is 2. The summed E-state index contributed by atoms with van der Waals surface area (Å²) in [5.41, 5.74) is -0.114. The van der Waals surface area contributed by atoms with Crippen LogP contribution in [0.4, 0.5) is 0 Å². The van der Waals surface area contributed by atoms with E-state index in [1.807, 2.05) is 4.90 Å². The van der Waals surface area contributed by atoms with E-state index in [2.05, 4.69) is 0 Å². The first-order chi connectivity index (χ1) is 11.8. The maximum absolute atomic E-state index is 11.7. The van der Waals surface area contributed by atoms with Gasteiger partial charge in [-0.3, -0.25) is 14.5 Å². The number of aliphatic carboxylic acids is 1. The Morgan fingerprint density at radius 2 is 1.92 bits per heavy atom. The molecule has 0 radical (unpaired) electrons. The Labute approximate surface area is 145 Å². The van der Waals surface area contributed by atoms with Crippen molar-refractivity contribution in [3.63, 3.8) is 0 Å². The van der Waals surface area contributed by atoms with Crippen molar-refractivity contribution < 1.29 is 29.0 Å². The van der Waals surface area contributed by atoms with Crippen molar-refractivity contribution in [1.29, 1.82) is 0 Å². The average molecular weight is 350 g/mol. The second-order valence-electron chi connectivity index (χ2n) is 7.04. The van der Waals surface area contributed by atoms with E-state index in [1.165, 1.54) is 6.07 Å². The first kappa shape index (κ1) is 17.5. The lowest BCUT2D eigenvalue weighted by molar-refractivity contribution is -0.142. The summed E-state index contributed by atoms with van der Waals surface area (Å²) in [6.45, 7) is 3.73. The zero-order valence-electron chi connectivity index (χ0n) is 14.1. The van der Waals surface area contributed by atoms with Gasteiger partial charge in [0, 0.05) is 26.6 Å². The van der Waals surface area contributed by atoms with Crippen molar-refractivity contribution in [2.45, 2.75) is 38.8 Å². The molecule has 2 aliphatic heterocycles. The Bertz CT molecular complexity index is 689. The molecule has 2 fully saturated rings. The van der Waals surface area contributed by atoms with Gasteiger partial charge in [0.25, 0.3) is 0 Å². The Balaban J connectivity index is 1.71. The zero-order valence-corrected chi connectivity index (χ0v) is 14.1. The molecule has 3 rings (SSSR count). The van der Waals surface area contributed by atoms with Crippen LogP contribution < -0.4 is 0 Å². The lowest BCUT2D eigenvalue weighted by atomic mass is 9.76. The van der Waals surface area contributed by atoms with Crippen LogP contribution in [0.25, 0.3) is 0 Å². The number of aromatic carboxylic acids is 1. The molecule has 25 heavy (non-hydrogen) atoms. The molecule has 0 unspecified atom stereocenters. The molecule has 1 aromatic rings. The maximum Gasteiger partial charge on any atom is 0.371 e. The highest BCUT2D eigenvalue weighted by Crippen LogP contribution is 2.44. The molecule has 1 spiro atoms. The quantitative estimate of drug-likeness (QED) is 0.841. The minimum atomic E-state index is -1.14. The fourth-order valence-electron chi connectivity index (χ4n) is 3.99. The van der Waals surface area contributed by atoms with E-state index < -0.39 is 18.0 Å². The Morgan fingerprint density at radius 3 is 2.44 bits per heavy atom. The molecule has 136 valence electrons. The lowest BCUT2D eigenvalue weighted by Crippen LogP contribution is -2.43. The number of hydrogen-bond donors (Lipinski definition) is 2. The Kier molecular flexibility index (Phi) is 4.55. The van der Waals surface area contributed by atoms with Crippen molar-refractivity contribution in [3.05, 3.63) is 23.7 Å². The van der Waals surface area contributed by atoms with Gasteiger partial charge in [0.1, 0.15) is 11.8 Å². The zero-order chi connectivity index (χ0) is 18.2. The molecule has 0 aliphatic carbocycles. The van der Waals surface area contributed by atoms with Gasteiger partial charge >= 0.3 is 11.9 Å². The van der Waals surface area contributed by atoms with E-state index in [0.29, 0.717) is 31.8 Å². The van der Waals surface area contributed by atoms with Gasteiger partial charge in [-0.2, -0.15) is 0 Å². The highest BCUT2D eigenvalue weighted by molar-refractivity contribution is 5.84. The smallest absolute Gasteiger partial charge is 0.371 e. The molecule has 1 atom stereocenters. The van der Waals surface area contributed by atoms with Crippen LogP contribution in [0, 0.1) is 5.41 Å². The summed E-state index contributed by atoms with van der Waals surface area (Å²) in [5.74, 6) is -1.67. The van der Waals surface area contributed by atoms with Crippen LogP contribution in [-0.4, -0.2) is 63.5 Å². The molecular weight excluding hydrogens is 328 g/mol. The van der Waals surface area contributed by atoms with E-state index >= 15 is 0 Å². The van der Waals surface area contributed by atoms with E-state index in [0.717, 1.165) is 12.8 Å². The number of piperidine rings is 1. The van der Waals surface area contributed by atoms with Gasteiger partial charge in [-0.15, -0.1) is 0 Å². The Hall–Kier alpha value is -2.35.